The van der Waals surface area contributed by atoms with Crippen LogP contribution in [0.2, 0.25) is 0 Å². The van der Waals surface area contributed by atoms with Crippen molar-refractivity contribution in [3.63, 3.8) is 0 Å². The molecule has 4 aliphatic rings. The van der Waals surface area contributed by atoms with Gasteiger partial charge in [0.05, 0.1) is 31.8 Å². The van der Waals surface area contributed by atoms with E-state index in [1.165, 1.54) is 44.1 Å². The highest BCUT2D eigenvalue weighted by molar-refractivity contribution is 5.30. The zero-order chi connectivity index (χ0) is 22.4. The van der Waals surface area contributed by atoms with Gasteiger partial charge in [0.25, 0.3) is 0 Å². The highest BCUT2D eigenvalue weighted by Crippen LogP contribution is 2.70. The van der Waals surface area contributed by atoms with Crippen molar-refractivity contribution >= 4 is 0 Å². The summed E-state index contributed by atoms with van der Waals surface area (Å²) in [6.07, 6.45) is 16.2. The Kier molecular flexibility index (Phi) is 6.07. The molecule has 0 aliphatic heterocycles. The predicted octanol–water partition coefficient (Wildman–Crippen LogP) is 4.76. The van der Waals surface area contributed by atoms with Crippen molar-refractivity contribution in [1.29, 1.82) is 0 Å². The van der Waals surface area contributed by atoms with Crippen molar-refractivity contribution in [2.24, 2.45) is 40.1 Å². The molecule has 5 nitrogen and oxygen atoms in total. The molecule has 0 unspecified atom stereocenters. The van der Waals surface area contributed by atoms with Crippen LogP contribution >= 0.6 is 0 Å². The summed E-state index contributed by atoms with van der Waals surface area (Å²) < 4.78 is 18.3. The van der Waals surface area contributed by atoms with Crippen LogP contribution in [0.4, 0.5) is 0 Å². The second kappa shape index (κ2) is 8.57. The molecule has 0 saturated heterocycles. The van der Waals surface area contributed by atoms with E-state index in [1.807, 2.05) is 6.26 Å². The summed E-state index contributed by atoms with van der Waals surface area (Å²) in [5, 5.41) is 0. The molecule has 4 aliphatic carbocycles. The molecule has 0 aromatic carbocycles. The van der Waals surface area contributed by atoms with Crippen molar-refractivity contribution in [3.8, 4) is 0 Å². The standard InChI is InChI=1S/C27H42N2O3/c1-25-9-5-21(31-15-12-28)17-19(25)3-4-22-23(25)6-10-26(2)24(22)7-11-27(26,32-16-13-29)20-8-14-30-18-20/h8,14,17-18,21-24H,3-7,9-13,15-16,28-29H2,1-2H3/t21-,22+,23-,24-,25-,26-,27+/m0/s1. The predicted molar refractivity (Wildman–Crippen MR) is 126 cm³/mol. The average Bonchev–Trinajstić information content (AvgIpc) is 3.43. The lowest BCUT2D eigenvalue weighted by Gasteiger charge is -2.60. The molecule has 1 aromatic heterocycles. The first-order valence-electron chi connectivity index (χ1n) is 12.9. The van der Waals surface area contributed by atoms with E-state index in [-0.39, 0.29) is 17.1 Å². The van der Waals surface area contributed by atoms with Gasteiger partial charge in [0.2, 0.25) is 0 Å². The first kappa shape index (κ1) is 22.6. The Labute approximate surface area is 193 Å². The number of hydrogen-bond acceptors (Lipinski definition) is 5. The lowest BCUT2D eigenvalue weighted by molar-refractivity contribution is -0.164. The Balaban J connectivity index is 1.43. The Bertz CT molecular complexity index is 823. The molecule has 5 rings (SSSR count). The maximum atomic E-state index is 6.70. The average molecular weight is 443 g/mol. The number of allylic oxidation sites excluding steroid dienone is 1. The quantitative estimate of drug-likeness (QED) is 0.595. The molecule has 4 N–H and O–H groups in total. The molecule has 32 heavy (non-hydrogen) atoms. The Morgan fingerprint density at radius 3 is 2.56 bits per heavy atom. The summed E-state index contributed by atoms with van der Waals surface area (Å²) in [5.41, 5.74) is 14.6. The van der Waals surface area contributed by atoms with Gasteiger partial charge in [0.15, 0.2) is 0 Å². The number of fused-ring (bicyclic) bond motifs is 5. The highest BCUT2D eigenvalue weighted by Gasteiger charge is 2.65. The Morgan fingerprint density at radius 2 is 1.81 bits per heavy atom. The lowest BCUT2D eigenvalue weighted by Crippen LogP contribution is -2.54. The minimum Gasteiger partial charge on any atom is -0.472 e. The molecule has 0 amide bonds. The lowest BCUT2D eigenvalue weighted by atomic mass is 9.46. The van der Waals surface area contributed by atoms with Crippen molar-refractivity contribution in [1.82, 2.24) is 0 Å². The van der Waals surface area contributed by atoms with E-state index >= 15 is 0 Å². The first-order chi connectivity index (χ1) is 15.5. The third-order valence-corrected chi connectivity index (χ3v) is 10.1. The van der Waals surface area contributed by atoms with Crippen LogP contribution in [0.15, 0.2) is 34.7 Å². The molecule has 3 saturated carbocycles. The summed E-state index contributed by atoms with van der Waals surface area (Å²) in [6.45, 7) is 7.50. The molecule has 3 fully saturated rings. The minimum atomic E-state index is -0.264. The van der Waals surface area contributed by atoms with Gasteiger partial charge in [-0.25, -0.2) is 0 Å². The zero-order valence-electron chi connectivity index (χ0n) is 20.0. The van der Waals surface area contributed by atoms with Crippen LogP contribution in [0.25, 0.3) is 0 Å². The Hall–Kier alpha value is -1.14. The summed E-state index contributed by atoms with van der Waals surface area (Å²) in [6, 6.07) is 2.13. The molecule has 0 bridgehead atoms. The van der Waals surface area contributed by atoms with Crippen LogP contribution < -0.4 is 11.5 Å². The number of rotatable bonds is 7. The second-order valence-electron chi connectivity index (χ2n) is 11.2. The van der Waals surface area contributed by atoms with Gasteiger partial charge >= 0.3 is 0 Å². The monoisotopic (exact) mass is 442 g/mol. The SMILES string of the molecule is C[C@]12CC[C@H](OCCN)C=C1CC[C@@H]1[C@@H]2CC[C@@]2(C)[C@H]1CC[C@@]2(OCCN)c1ccoc1. The highest BCUT2D eigenvalue weighted by atomic mass is 16.5. The number of hydrogen-bond donors (Lipinski definition) is 2. The van der Waals surface area contributed by atoms with Gasteiger partial charge in [-0.1, -0.05) is 25.5 Å². The Morgan fingerprint density at radius 1 is 1.00 bits per heavy atom. The van der Waals surface area contributed by atoms with Gasteiger partial charge in [0.1, 0.15) is 5.60 Å². The van der Waals surface area contributed by atoms with Gasteiger partial charge in [-0.15, -0.1) is 0 Å². The van der Waals surface area contributed by atoms with E-state index in [9.17, 15) is 0 Å². The second-order valence-corrected chi connectivity index (χ2v) is 11.2. The summed E-state index contributed by atoms with van der Waals surface area (Å²) in [4.78, 5) is 0. The topological polar surface area (TPSA) is 83.6 Å². The van der Waals surface area contributed by atoms with Crippen LogP contribution in [0, 0.1) is 28.6 Å². The maximum absolute atomic E-state index is 6.70. The summed E-state index contributed by atoms with van der Waals surface area (Å²) >= 11 is 0. The molecule has 1 heterocycles. The number of ether oxygens (including phenoxy) is 2. The molecular weight excluding hydrogens is 400 g/mol. The van der Waals surface area contributed by atoms with Crippen molar-refractivity contribution in [2.75, 3.05) is 26.3 Å². The van der Waals surface area contributed by atoms with Crippen LogP contribution in [0.1, 0.15) is 70.8 Å². The van der Waals surface area contributed by atoms with Gasteiger partial charge in [0, 0.05) is 24.1 Å². The first-order valence-corrected chi connectivity index (χ1v) is 12.9. The fourth-order valence-electron chi connectivity index (χ4n) is 8.57. The fourth-order valence-corrected chi connectivity index (χ4v) is 8.57. The normalized spacial score (nSPS) is 43.3. The van der Waals surface area contributed by atoms with Crippen molar-refractivity contribution in [2.45, 2.75) is 76.9 Å². The van der Waals surface area contributed by atoms with Gasteiger partial charge in [-0.3, -0.25) is 0 Å². The summed E-state index contributed by atoms with van der Waals surface area (Å²) in [7, 11) is 0. The molecule has 1 aromatic rings. The van der Waals surface area contributed by atoms with Crippen LogP contribution in [-0.2, 0) is 15.1 Å². The minimum absolute atomic E-state index is 0.131. The van der Waals surface area contributed by atoms with E-state index in [1.54, 1.807) is 11.8 Å². The molecule has 5 heteroatoms. The third-order valence-electron chi connectivity index (χ3n) is 10.1. The third kappa shape index (κ3) is 3.26. The number of furan rings is 1. The smallest absolute Gasteiger partial charge is 0.102 e. The van der Waals surface area contributed by atoms with E-state index in [0.717, 1.165) is 24.7 Å². The van der Waals surface area contributed by atoms with Gasteiger partial charge in [-0.2, -0.15) is 0 Å². The van der Waals surface area contributed by atoms with Crippen LogP contribution in [0.3, 0.4) is 0 Å². The van der Waals surface area contributed by atoms with Crippen LogP contribution in [0.5, 0.6) is 0 Å². The van der Waals surface area contributed by atoms with Crippen molar-refractivity contribution in [3.05, 3.63) is 35.8 Å². The molecule has 0 spiro atoms. The van der Waals surface area contributed by atoms with Crippen LogP contribution in [-0.4, -0.2) is 32.4 Å². The molecular formula is C27H42N2O3. The van der Waals surface area contributed by atoms with E-state index in [0.29, 0.717) is 37.6 Å². The molecule has 0 radical (unpaired) electrons. The zero-order valence-corrected chi connectivity index (χ0v) is 20.0. The number of nitrogens with two attached hydrogens (primary N) is 2. The van der Waals surface area contributed by atoms with Gasteiger partial charge < -0.3 is 25.4 Å². The van der Waals surface area contributed by atoms with Crippen molar-refractivity contribution < 1.29 is 13.9 Å². The molecule has 7 atom stereocenters. The maximum Gasteiger partial charge on any atom is 0.102 e. The fraction of sp³-hybridized carbons (Fsp3) is 0.778. The van der Waals surface area contributed by atoms with E-state index < -0.39 is 0 Å². The molecule has 178 valence electrons. The summed E-state index contributed by atoms with van der Waals surface area (Å²) in [5.74, 6) is 2.23. The van der Waals surface area contributed by atoms with E-state index in [2.05, 4.69) is 26.0 Å². The van der Waals surface area contributed by atoms with E-state index in [4.69, 9.17) is 25.4 Å². The largest absolute Gasteiger partial charge is 0.472 e. The van der Waals surface area contributed by atoms with Gasteiger partial charge in [-0.05, 0) is 80.6 Å².